The zero-order valence-corrected chi connectivity index (χ0v) is 10.9. The van der Waals surface area contributed by atoms with Crippen molar-refractivity contribution in [2.24, 2.45) is 0 Å². The van der Waals surface area contributed by atoms with Crippen LogP contribution < -0.4 is 5.48 Å². The minimum Gasteiger partial charge on any atom is -0.270 e. The first kappa shape index (κ1) is 12.6. The van der Waals surface area contributed by atoms with Gasteiger partial charge in [-0.25, -0.2) is 5.48 Å². The third-order valence-corrected chi connectivity index (χ3v) is 3.82. The van der Waals surface area contributed by atoms with E-state index in [-0.39, 0.29) is 12.0 Å². The van der Waals surface area contributed by atoms with Gasteiger partial charge in [-0.1, -0.05) is 24.4 Å². The van der Waals surface area contributed by atoms with Crippen molar-refractivity contribution >= 4 is 34.9 Å². The van der Waals surface area contributed by atoms with Crippen LogP contribution in [-0.2, 0) is 9.63 Å². The predicted molar refractivity (Wildman–Crippen MR) is 69.8 cm³/mol. The Morgan fingerprint density at radius 3 is 2.88 bits per heavy atom. The van der Waals surface area contributed by atoms with Gasteiger partial charge in [-0.15, -0.1) is 11.3 Å². The number of thiophene rings is 1. The first-order valence-corrected chi connectivity index (χ1v) is 6.82. The van der Waals surface area contributed by atoms with Crippen LogP contribution in [-0.4, -0.2) is 12.0 Å². The van der Waals surface area contributed by atoms with E-state index in [1.807, 2.05) is 6.07 Å². The van der Waals surface area contributed by atoms with Gasteiger partial charge in [0, 0.05) is 11.0 Å². The topological polar surface area (TPSA) is 38.3 Å². The molecule has 1 N–H and O–H groups in total. The van der Waals surface area contributed by atoms with Crippen LogP contribution in [0.3, 0.4) is 0 Å². The van der Waals surface area contributed by atoms with E-state index >= 15 is 0 Å². The van der Waals surface area contributed by atoms with Gasteiger partial charge < -0.3 is 0 Å². The van der Waals surface area contributed by atoms with Crippen LogP contribution in [0.2, 0.25) is 4.34 Å². The highest BCUT2D eigenvalue weighted by Crippen LogP contribution is 2.22. The van der Waals surface area contributed by atoms with Crippen LogP contribution in [0.1, 0.15) is 30.6 Å². The lowest BCUT2D eigenvalue weighted by Gasteiger charge is -2.09. The second kappa shape index (κ2) is 6.19. The summed E-state index contributed by atoms with van der Waals surface area (Å²) in [6.45, 7) is 0. The van der Waals surface area contributed by atoms with Gasteiger partial charge in [0.05, 0.1) is 10.4 Å². The molecule has 2 rings (SSSR count). The Balaban J connectivity index is 1.74. The lowest BCUT2D eigenvalue weighted by molar-refractivity contribution is -0.132. The molecule has 1 fully saturated rings. The van der Waals surface area contributed by atoms with Crippen LogP contribution in [0, 0.1) is 0 Å². The molecule has 1 aromatic heterocycles. The highest BCUT2D eigenvalue weighted by atomic mass is 35.5. The van der Waals surface area contributed by atoms with Crippen molar-refractivity contribution in [3.05, 3.63) is 27.4 Å². The molecule has 0 saturated heterocycles. The van der Waals surface area contributed by atoms with Gasteiger partial charge in [0.25, 0.3) is 5.91 Å². The van der Waals surface area contributed by atoms with Gasteiger partial charge in [-0.2, -0.15) is 0 Å². The summed E-state index contributed by atoms with van der Waals surface area (Å²) in [5, 5.41) is 0. The van der Waals surface area contributed by atoms with E-state index in [1.54, 1.807) is 12.1 Å². The number of carbonyl (C=O) groups excluding carboxylic acids is 1. The molecule has 0 aromatic carbocycles. The fourth-order valence-corrected chi connectivity index (χ4v) is 2.72. The predicted octanol–water partition coefficient (Wildman–Crippen LogP) is 3.41. The second-order valence-electron chi connectivity index (χ2n) is 3.97. The summed E-state index contributed by atoms with van der Waals surface area (Å²) in [5.41, 5.74) is 2.45. The molecule has 17 heavy (non-hydrogen) atoms. The van der Waals surface area contributed by atoms with Gasteiger partial charge in [0.1, 0.15) is 0 Å². The number of amides is 1. The van der Waals surface area contributed by atoms with E-state index in [2.05, 4.69) is 5.48 Å². The van der Waals surface area contributed by atoms with Gasteiger partial charge in [-0.3, -0.25) is 9.63 Å². The van der Waals surface area contributed by atoms with Crippen molar-refractivity contribution in [2.45, 2.75) is 31.8 Å². The summed E-state index contributed by atoms with van der Waals surface area (Å²) in [6.07, 6.45) is 7.80. The van der Waals surface area contributed by atoms with E-state index in [0.717, 1.165) is 17.7 Å². The molecule has 0 aliphatic heterocycles. The number of halogens is 1. The van der Waals surface area contributed by atoms with Crippen LogP contribution in [0.5, 0.6) is 0 Å². The minimum absolute atomic E-state index is 0.184. The average Bonchev–Trinajstić information content (AvgIpc) is 2.95. The molecule has 3 nitrogen and oxygen atoms in total. The molecule has 1 aliphatic carbocycles. The Hall–Kier alpha value is -0.840. The molecule has 0 radical (unpaired) electrons. The van der Waals surface area contributed by atoms with Crippen molar-refractivity contribution in [1.29, 1.82) is 0 Å². The molecule has 0 unspecified atom stereocenters. The van der Waals surface area contributed by atoms with E-state index in [1.165, 1.54) is 30.3 Å². The molecule has 1 heterocycles. The third-order valence-electron chi connectivity index (χ3n) is 2.62. The largest absolute Gasteiger partial charge is 0.270 e. The van der Waals surface area contributed by atoms with Crippen LogP contribution in [0.25, 0.3) is 6.08 Å². The SMILES string of the molecule is O=C(/C=C/c1ccc(Cl)s1)NOC1CCCC1. The van der Waals surface area contributed by atoms with E-state index in [9.17, 15) is 4.79 Å². The number of hydrogen-bond donors (Lipinski definition) is 1. The normalized spacial score (nSPS) is 16.8. The fourth-order valence-electron chi connectivity index (χ4n) is 1.76. The van der Waals surface area contributed by atoms with Crippen molar-refractivity contribution in [1.82, 2.24) is 5.48 Å². The summed E-state index contributed by atoms with van der Waals surface area (Å²) in [5.74, 6) is -0.235. The zero-order valence-electron chi connectivity index (χ0n) is 9.32. The standard InChI is InChI=1S/C12H14ClNO2S/c13-11-7-5-10(17-11)6-8-12(15)14-16-9-3-1-2-4-9/h5-9H,1-4H2,(H,14,15)/b8-6+. The smallest absolute Gasteiger partial charge is 0.267 e. The monoisotopic (exact) mass is 271 g/mol. The van der Waals surface area contributed by atoms with Gasteiger partial charge >= 0.3 is 0 Å². The Morgan fingerprint density at radius 1 is 1.47 bits per heavy atom. The number of nitrogens with one attached hydrogen (secondary N) is 1. The molecule has 0 bridgehead atoms. The highest BCUT2D eigenvalue weighted by molar-refractivity contribution is 7.17. The average molecular weight is 272 g/mol. The minimum atomic E-state index is -0.235. The molecule has 1 aliphatic rings. The molecule has 1 aromatic rings. The van der Waals surface area contributed by atoms with Gasteiger partial charge in [0.2, 0.25) is 0 Å². The fraction of sp³-hybridized carbons (Fsp3) is 0.417. The summed E-state index contributed by atoms with van der Waals surface area (Å²) >= 11 is 7.21. The Kier molecular flexibility index (Phi) is 4.59. The quantitative estimate of drug-likeness (QED) is 0.673. The summed E-state index contributed by atoms with van der Waals surface area (Å²) < 4.78 is 0.715. The maximum atomic E-state index is 11.4. The Morgan fingerprint density at radius 2 is 2.24 bits per heavy atom. The van der Waals surface area contributed by atoms with Gasteiger partial charge in [-0.05, 0) is 31.1 Å². The summed E-state index contributed by atoms with van der Waals surface area (Å²) in [4.78, 5) is 17.7. The first-order valence-electron chi connectivity index (χ1n) is 5.63. The lowest BCUT2D eigenvalue weighted by atomic mass is 10.3. The Labute approximate surface area is 109 Å². The molecule has 0 atom stereocenters. The summed E-state index contributed by atoms with van der Waals surface area (Å²) in [6, 6.07) is 3.67. The molecule has 5 heteroatoms. The molecule has 1 saturated carbocycles. The zero-order chi connectivity index (χ0) is 12.1. The second-order valence-corrected chi connectivity index (χ2v) is 5.71. The molecule has 92 valence electrons. The molecule has 1 amide bonds. The van der Waals surface area contributed by atoms with Crippen molar-refractivity contribution in [3.8, 4) is 0 Å². The number of carbonyl (C=O) groups is 1. The maximum absolute atomic E-state index is 11.4. The van der Waals surface area contributed by atoms with Crippen LogP contribution in [0.4, 0.5) is 0 Å². The number of rotatable bonds is 4. The highest BCUT2D eigenvalue weighted by Gasteiger charge is 2.16. The van der Waals surface area contributed by atoms with Crippen molar-refractivity contribution < 1.29 is 9.63 Å². The first-order chi connectivity index (χ1) is 8.24. The number of hydroxylamine groups is 1. The van der Waals surface area contributed by atoms with Crippen molar-refractivity contribution in [3.63, 3.8) is 0 Å². The van der Waals surface area contributed by atoms with Crippen molar-refractivity contribution in [2.75, 3.05) is 0 Å². The van der Waals surface area contributed by atoms with Crippen LogP contribution in [0.15, 0.2) is 18.2 Å². The lowest BCUT2D eigenvalue weighted by Crippen LogP contribution is -2.26. The summed E-state index contributed by atoms with van der Waals surface area (Å²) in [7, 11) is 0. The molecule has 0 spiro atoms. The molecular weight excluding hydrogens is 258 g/mol. The van der Waals surface area contributed by atoms with Gasteiger partial charge in [0.15, 0.2) is 0 Å². The van der Waals surface area contributed by atoms with E-state index in [0.29, 0.717) is 4.34 Å². The third kappa shape index (κ3) is 4.15. The molecular formula is C12H14ClNO2S. The van der Waals surface area contributed by atoms with E-state index < -0.39 is 0 Å². The Bertz CT molecular complexity index is 410. The maximum Gasteiger partial charge on any atom is 0.267 e. The van der Waals surface area contributed by atoms with Crippen LogP contribution >= 0.6 is 22.9 Å². The van der Waals surface area contributed by atoms with E-state index in [4.69, 9.17) is 16.4 Å². The number of hydrogen-bond acceptors (Lipinski definition) is 3.